The lowest BCUT2D eigenvalue weighted by atomic mass is 9.85. The third kappa shape index (κ3) is 20.5. The fourth-order valence-electron chi connectivity index (χ4n) is 8.67. The standard InChI is InChI=1S/C52H68Cl4N6O13S2/c1-61-31-45(43-27-39(53)29-49(55)47(43)33-61)37-5-3-7-41(25-37)76(65,66)59-11-15-71-19-23-73-21-17-69-13-9-57-51(63)35-75-36-52(64)58-10-14-70-18-22-74-24-20-72-16-12-60-77(67,68)42-8-4-6-38(26-42)46-32-62(2)34-48-44(46)28-40(54)30-50(48)56/h3-8,25-30,45-46,59-60H,9-24,31-36H2,1-2H3,(H,57,63)(H,58,64). The molecule has 25 heteroatoms. The Balaban J connectivity index is 0.686. The summed E-state index contributed by atoms with van der Waals surface area (Å²) in [5, 5.41) is 7.55. The van der Waals surface area contributed by atoms with Gasteiger partial charge in [0.1, 0.15) is 13.2 Å². The molecular formula is C52H68Cl4N6O13S2. The highest BCUT2D eigenvalue weighted by atomic mass is 35.5. The van der Waals surface area contributed by atoms with Crippen molar-refractivity contribution in [2.24, 2.45) is 0 Å². The number of sulfonamides is 2. The van der Waals surface area contributed by atoms with Crippen LogP contribution in [0.4, 0.5) is 0 Å². The molecule has 2 amide bonds. The van der Waals surface area contributed by atoms with E-state index in [0.717, 1.165) is 33.4 Å². The first kappa shape index (κ1) is 62.6. The molecule has 2 aliphatic heterocycles. The number of fused-ring (bicyclic) bond motifs is 2. The van der Waals surface area contributed by atoms with E-state index >= 15 is 0 Å². The average Bonchev–Trinajstić information content (AvgIpc) is 3.41. The van der Waals surface area contributed by atoms with E-state index in [0.29, 0.717) is 59.5 Å². The van der Waals surface area contributed by atoms with Gasteiger partial charge in [-0.05, 0) is 96.0 Å². The lowest BCUT2D eigenvalue weighted by Gasteiger charge is -2.33. The first-order valence-corrected chi connectivity index (χ1v) is 29.6. The number of amides is 2. The van der Waals surface area contributed by atoms with E-state index in [-0.39, 0.29) is 127 Å². The monoisotopic (exact) mass is 1190 g/mol. The number of hydrogen-bond donors (Lipinski definition) is 4. The van der Waals surface area contributed by atoms with Gasteiger partial charge in [-0.15, -0.1) is 0 Å². The van der Waals surface area contributed by atoms with E-state index in [9.17, 15) is 26.4 Å². The molecule has 0 saturated heterocycles. The molecule has 4 N–H and O–H groups in total. The van der Waals surface area contributed by atoms with Crippen molar-refractivity contribution in [1.82, 2.24) is 29.9 Å². The number of likely N-dealkylation sites (N-methyl/N-ethyl adjacent to an activating group) is 2. The van der Waals surface area contributed by atoms with Crippen LogP contribution in [0.1, 0.15) is 45.2 Å². The Morgan fingerprint density at radius 3 is 1.22 bits per heavy atom. The SMILES string of the molecule is CN1Cc2c(Cl)cc(Cl)cc2C(c2cccc(S(=O)(=O)NCCOCCOCCOCCNC(=O)COCC(=O)NCCOCCOCCOCCNS(=O)(=O)c3cccc(C4CN(C)Cc5c(Cl)cc(Cl)cc54)c3)c2)C1. The summed E-state index contributed by atoms with van der Waals surface area (Å²) in [5.74, 6) is -0.988. The number of hydrogen-bond acceptors (Lipinski definition) is 15. The van der Waals surface area contributed by atoms with Gasteiger partial charge in [-0.2, -0.15) is 0 Å². The van der Waals surface area contributed by atoms with E-state index in [1.165, 1.54) is 0 Å². The Hall–Kier alpha value is -3.56. The topological polar surface area (TPSA) is 222 Å². The second-order valence-electron chi connectivity index (χ2n) is 18.2. The summed E-state index contributed by atoms with van der Waals surface area (Å²) in [6.07, 6.45) is 0. The molecule has 424 valence electrons. The van der Waals surface area contributed by atoms with Gasteiger partial charge >= 0.3 is 0 Å². The summed E-state index contributed by atoms with van der Waals surface area (Å²) in [7, 11) is -3.59. The van der Waals surface area contributed by atoms with Gasteiger partial charge in [-0.3, -0.25) is 9.59 Å². The predicted molar refractivity (Wildman–Crippen MR) is 294 cm³/mol. The zero-order chi connectivity index (χ0) is 55.2. The number of halogens is 4. The number of nitrogens with one attached hydrogen (secondary N) is 4. The first-order valence-electron chi connectivity index (χ1n) is 25.1. The molecule has 19 nitrogen and oxygen atoms in total. The van der Waals surface area contributed by atoms with Crippen molar-refractivity contribution in [2.75, 3.05) is 146 Å². The number of carbonyl (C=O) groups excluding carboxylic acids is 2. The molecule has 0 fully saturated rings. The van der Waals surface area contributed by atoms with Gasteiger partial charge in [0.15, 0.2) is 0 Å². The Morgan fingerprint density at radius 2 is 0.844 bits per heavy atom. The van der Waals surface area contributed by atoms with E-state index in [1.54, 1.807) is 48.5 Å². The van der Waals surface area contributed by atoms with Gasteiger partial charge in [-0.25, -0.2) is 26.3 Å². The van der Waals surface area contributed by atoms with Crippen molar-refractivity contribution in [3.8, 4) is 0 Å². The van der Waals surface area contributed by atoms with Gasteiger partial charge in [0, 0.05) is 84.3 Å². The Kier molecular flexibility index (Phi) is 26.1. The highest BCUT2D eigenvalue weighted by Gasteiger charge is 2.30. The van der Waals surface area contributed by atoms with Crippen molar-refractivity contribution in [2.45, 2.75) is 34.7 Å². The predicted octanol–water partition coefficient (Wildman–Crippen LogP) is 5.06. The van der Waals surface area contributed by atoms with E-state index in [2.05, 4.69) is 29.9 Å². The lowest BCUT2D eigenvalue weighted by molar-refractivity contribution is -0.131. The van der Waals surface area contributed by atoms with Crippen LogP contribution in [0, 0.1) is 0 Å². The normalized spacial score (nSPS) is 16.0. The van der Waals surface area contributed by atoms with Crippen LogP contribution < -0.4 is 20.1 Å². The van der Waals surface area contributed by atoms with Crippen LogP contribution >= 0.6 is 46.4 Å². The third-order valence-corrected chi connectivity index (χ3v) is 16.3. The Morgan fingerprint density at radius 1 is 0.494 bits per heavy atom. The van der Waals surface area contributed by atoms with Crippen LogP contribution in [0.2, 0.25) is 20.1 Å². The van der Waals surface area contributed by atoms with Gasteiger partial charge in [-0.1, -0.05) is 70.7 Å². The summed E-state index contributed by atoms with van der Waals surface area (Å²) < 4.78 is 95.8. The molecule has 2 atom stereocenters. The second-order valence-corrected chi connectivity index (χ2v) is 23.4. The molecule has 0 spiro atoms. The Labute approximate surface area is 471 Å². The summed E-state index contributed by atoms with van der Waals surface area (Å²) >= 11 is 25.7. The zero-order valence-corrected chi connectivity index (χ0v) is 47.8. The molecule has 0 aromatic heterocycles. The van der Waals surface area contributed by atoms with Gasteiger partial charge in [0.2, 0.25) is 31.9 Å². The van der Waals surface area contributed by atoms with Gasteiger partial charge in [0.25, 0.3) is 0 Å². The molecule has 4 aromatic carbocycles. The summed E-state index contributed by atoms with van der Waals surface area (Å²) in [6, 6.07) is 21.0. The van der Waals surface area contributed by atoms with E-state index < -0.39 is 31.9 Å². The lowest BCUT2D eigenvalue weighted by Crippen LogP contribution is -2.34. The number of nitrogens with zero attached hydrogens (tertiary/aromatic N) is 2. The van der Waals surface area contributed by atoms with Gasteiger partial charge < -0.3 is 53.6 Å². The third-order valence-electron chi connectivity index (χ3n) is 12.3. The van der Waals surface area contributed by atoms with Crippen LogP contribution in [-0.4, -0.2) is 184 Å². The smallest absolute Gasteiger partial charge is 0.246 e. The highest BCUT2D eigenvalue weighted by Crippen LogP contribution is 2.40. The number of benzene rings is 4. The van der Waals surface area contributed by atoms with Crippen molar-refractivity contribution in [1.29, 1.82) is 0 Å². The molecule has 0 aliphatic carbocycles. The summed E-state index contributed by atoms with van der Waals surface area (Å²) in [4.78, 5) is 28.7. The van der Waals surface area contributed by atoms with E-state index in [1.807, 2.05) is 38.4 Å². The molecular weight excluding hydrogens is 1120 g/mol. The Bertz CT molecular complexity index is 2600. The van der Waals surface area contributed by atoms with Crippen LogP contribution in [0.5, 0.6) is 0 Å². The van der Waals surface area contributed by atoms with Crippen LogP contribution in [0.3, 0.4) is 0 Å². The molecule has 77 heavy (non-hydrogen) atoms. The maximum Gasteiger partial charge on any atom is 0.246 e. The molecule has 0 radical (unpaired) electrons. The highest BCUT2D eigenvalue weighted by molar-refractivity contribution is 7.89. The van der Waals surface area contributed by atoms with Crippen LogP contribution in [-0.2, 0) is 75.9 Å². The maximum absolute atomic E-state index is 13.1. The van der Waals surface area contributed by atoms with Crippen LogP contribution in [0.15, 0.2) is 82.6 Å². The molecule has 0 saturated carbocycles. The molecule has 2 heterocycles. The minimum atomic E-state index is -3.79. The maximum atomic E-state index is 13.1. The second kappa shape index (κ2) is 32.0. The molecule has 0 bridgehead atoms. The van der Waals surface area contributed by atoms with Gasteiger partial charge in [0.05, 0.1) is 89.1 Å². The largest absolute Gasteiger partial charge is 0.378 e. The van der Waals surface area contributed by atoms with Crippen molar-refractivity contribution >= 4 is 78.3 Å². The molecule has 2 unspecified atom stereocenters. The number of ether oxygens (including phenoxy) is 7. The van der Waals surface area contributed by atoms with Crippen molar-refractivity contribution in [3.63, 3.8) is 0 Å². The van der Waals surface area contributed by atoms with Crippen molar-refractivity contribution < 1.29 is 59.6 Å². The minimum Gasteiger partial charge on any atom is -0.378 e. The summed E-state index contributed by atoms with van der Waals surface area (Å²) in [5.41, 5.74) is 5.66. The molecule has 4 aromatic rings. The molecule has 6 rings (SSSR count). The molecule has 2 aliphatic rings. The van der Waals surface area contributed by atoms with Crippen molar-refractivity contribution in [3.05, 3.63) is 126 Å². The number of rotatable bonds is 34. The average molecular weight is 1190 g/mol. The quantitative estimate of drug-likeness (QED) is 0.0449. The zero-order valence-electron chi connectivity index (χ0n) is 43.2. The summed E-state index contributed by atoms with van der Waals surface area (Å²) in [6.45, 7) is 5.86. The minimum absolute atomic E-state index is 0.0817. The van der Waals surface area contributed by atoms with Crippen LogP contribution in [0.25, 0.3) is 0 Å². The number of carbonyl (C=O) groups is 2. The fraction of sp³-hybridized carbons (Fsp3) is 0.500. The van der Waals surface area contributed by atoms with E-state index in [4.69, 9.17) is 79.6 Å². The fourth-order valence-corrected chi connectivity index (χ4v) is 11.9. The first-order chi connectivity index (χ1) is 37.0.